The lowest BCUT2D eigenvalue weighted by atomic mass is 9.71. The highest BCUT2D eigenvalue weighted by Crippen LogP contribution is 2.50. The van der Waals surface area contributed by atoms with Crippen LogP contribution in [0.1, 0.15) is 94.7 Å². The summed E-state index contributed by atoms with van der Waals surface area (Å²) in [6.07, 6.45) is 8.72. The highest BCUT2D eigenvalue weighted by atomic mass is 16.5. The van der Waals surface area contributed by atoms with Crippen LogP contribution in [0.15, 0.2) is 29.1 Å². The molecule has 1 atom stereocenters. The molecule has 2 aliphatic carbocycles. The SMILES string of the molecule is COc1cc2c(c(OC)c1OC)-c1ccc(NCCCCCC(=O)NCC3(CC(=O)O)CCCCC3)c(=O)cc1[C@@H](NC(C)=O)CC2. The summed E-state index contributed by atoms with van der Waals surface area (Å²) in [7, 11) is 4.69. The number of unbranched alkanes of at least 4 members (excludes halogenated alkanes) is 2. The largest absolute Gasteiger partial charge is 0.493 e. The molecule has 4 rings (SSSR count). The smallest absolute Gasteiger partial charge is 0.303 e. The number of carbonyl (C=O) groups is 3. The molecule has 0 saturated heterocycles. The number of benzene rings is 1. The third-order valence-electron chi connectivity index (χ3n) is 9.41. The van der Waals surface area contributed by atoms with Crippen LogP contribution < -0.4 is 35.6 Å². The molecule has 47 heavy (non-hydrogen) atoms. The Morgan fingerprint density at radius 1 is 0.957 bits per heavy atom. The first-order valence-corrected chi connectivity index (χ1v) is 16.6. The number of methoxy groups -OCH3 is 3. The second-order valence-electron chi connectivity index (χ2n) is 12.7. The van der Waals surface area contributed by atoms with Crippen LogP contribution in [-0.2, 0) is 20.8 Å². The van der Waals surface area contributed by atoms with Crippen LogP contribution >= 0.6 is 0 Å². The molecule has 256 valence electrons. The number of aryl methyl sites for hydroxylation is 1. The number of rotatable bonds is 15. The molecular formula is C36H49N3O8. The van der Waals surface area contributed by atoms with Crippen molar-refractivity contribution >= 4 is 23.5 Å². The number of anilines is 1. The fraction of sp³-hybridized carbons (Fsp3) is 0.556. The summed E-state index contributed by atoms with van der Waals surface area (Å²) < 4.78 is 17.1. The molecule has 0 spiro atoms. The Bertz CT molecular complexity index is 1500. The van der Waals surface area contributed by atoms with E-state index in [0.29, 0.717) is 67.3 Å². The quantitative estimate of drug-likeness (QED) is 0.186. The van der Waals surface area contributed by atoms with Crippen molar-refractivity contribution < 1.29 is 33.7 Å². The van der Waals surface area contributed by atoms with E-state index < -0.39 is 5.97 Å². The van der Waals surface area contributed by atoms with E-state index in [0.717, 1.165) is 61.6 Å². The Hall–Kier alpha value is -4.28. The predicted molar refractivity (Wildman–Crippen MR) is 180 cm³/mol. The molecule has 1 saturated carbocycles. The van der Waals surface area contributed by atoms with Gasteiger partial charge in [-0.2, -0.15) is 0 Å². The Morgan fingerprint density at radius 3 is 2.36 bits per heavy atom. The number of aliphatic carboxylic acids is 1. The summed E-state index contributed by atoms with van der Waals surface area (Å²) in [5, 5.41) is 18.7. The lowest BCUT2D eigenvalue weighted by Gasteiger charge is -2.36. The molecule has 0 unspecified atom stereocenters. The number of nitrogens with one attached hydrogen (secondary N) is 3. The Morgan fingerprint density at radius 2 is 1.70 bits per heavy atom. The van der Waals surface area contributed by atoms with E-state index in [9.17, 15) is 24.3 Å². The Kier molecular flexibility index (Phi) is 12.5. The minimum absolute atomic E-state index is 0.0505. The number of ether oxygens (including phenoxy) is 3. The predicted octanol–water partition coefficient (Wildman–Crippen LogP) is 5.38. The van der Waals surface area contributed by atoms with Crippen molar-refractivity contribution in [1.82, 2.24) is 10.6 Å². The van der Waals surface area contributed by atoms with Gasteiger partial charge < -0.3 is 35.3 Å². The molecule has 2 aromatic carbocycles. The summed E-state index contributed by atoms with van der Waals surface area (Å²) in [6.45, 7) is 2.43. The topological polar surface area (TPSA) is 152 Å². The number of carboxylic acid groups (broad SMARTS) is 1. The molecule has 0 aromatic heterocycles. The van der Waals surface area contributed by atoms with E-state index in [-0.39, 0.29) is 35.1 Å². The summed E-state index contributed by atoms with van der Waals surface area (Å²) >= 11 is 0. The Labute approximate surface area is 276 Å². The van der Waals surface area contributed by atoms with Crippen LogP contribution in [0.4, 0.5) is 5.69 Å². The van der Waals surface area contributed by atoms with Crippen molar-refractivity contribution in [2.24, 2.45) is 5.41 Å². The molecule has 4 N–H and O–H groups in total. The van der Waals surface area contributed by atoms with E-state index in [1.807, 2.05) is 12.1 Å². The first kappa shape index (κ1) is 35.6. The second kappa shape index (κ2) is 16.5. The van der Waals surface area contributed by atoms with Crippen molar-refractivity contribution in [2.45, 2.75) is 90.0 Å². The number of carbonyl (C=O) groups excluding carboxylic acids is 2. The number of hydrogen-bond donors (Lipinski definition) is 4. The van der Waals surface area contributed by atoms with Gasteiger partial charge in [0.15, 0.2) is 11.5 Å². The van der Waals surface area contributed by atoms with Gasteiger partial charge in [0.05, 0.1) is 39.5 Å². The molecule has 0 radical (unpaired) electrons. The van der Waals surface area contributed by atoms with Crippen molar-refractivity contribution in [1.29, 1.82) is 0 Å². The highest BCUT2D eigenvalue weighted by Gasteiger charge is 2.35. The van der Waals surface area contributed by atoms with Crippen LogP contribution in [-0.4, -0.2) is 57.3 Å². The molecule has 0 bridgehead atoms. The summed E-state index contributed by atoms with van der Waals surface area (Å²) in [6, 6.07) is 6.79. The van der Waals surface area contributed by atoms with Crippen LogP contribution in [0.5, 0.6) is 17.2 Å². The van der Waals surface area contributed by atoms with E-state index >= 15 is 0 Å². The number of amides is 2. The van der Waals surface area contributed by atoms with Crippen molar-refractivity contribution in [3.05, 3.63) is 45.6 Å². The maximum Gasteiger partial charge on any atom is 0.303 e. The van der Waals surface area contributed by atoms with Gasteiger partial charge in [0.2, 0.25) is 23.0 Å². The maximum atomic E-state index is 13.5. The second-order valence-corrected chi connectivity index (χ2v) is 12.7. The van der Waals surface area contributed by atoms with Gasteiger partial charge in [-0.05, 0) is 78.8 Å². The average molecular weight is 652 g/mol. The van der Waals surface area contributed by atoms with E-state index in [2.05, 4.69) is 16.0 Å². The molecule has 0 aliphatic heterocycles. The van der Waals surface area contributed by atoms with Gasteiger partial charge in [-0.25, -0.2) is 0 Å². The lowest BCUT2D eigenvalue weighted by Crippen LogP contribution is -2.40. The average Bonchev–Trinajstić information content (AvgIpc) is 3.29. The normalized spacial score (nSPS) is 16.5. The fourth-order valence-corrected chi connectivity index (χ4v) is 7.08. The van der Waals surface area contributed by atoms with Gasteiger partial charge in [0, 0.05) is 32.0 Å². The van der Waals surface area contributed by atoms with Crippen molar-refractivity contribution in [3.8, 4) is 28.4 Å². The Balaban J connectivity index is 1.43. The van der Waals surface area contributed by atoms with Crippen LogP contribution in [0.2, 0.25) is 0 Å². The van der Waals surface area contributed by atoms with Gasteiger partial charge in [0.25, 0.3) is 0 Å². The van der Waals surface area contributed by atoms with Crippen LogP contribution in [0.3, 0.4) is 0 Å². The zero-order valence-corrected chi connectivity index (χ0v) is 28.1. The summed E-state index contributed by atoms with van der Waals surface area (Å²) in [5.74, 6) is 0.445. The molecule has 11 heteroatoms. The molecule has 1 fully saturated rings. The minimum Gasteiger partial charge on any atom is -0.493 e. The first-order chi connectivity index (χ1) is 22.6. The molecule has 2 amide bonds. The van der Waals surface area contributed by atoms with Crippen LogP contribution in [0.25, 0.3) is 11.1 Å². The van der Waals surface area contributed by atoms with Gasteiger partial charge in [-0.1, -0.05) is 31.7 Å². The van der Waals surface area contributed by atoms with Gasteiger partial charge in [0.1, 0.15) is 0 Å². The number of carboxylic acids is 1. The molecule has 2 aromatic rings. The van der Waals surface area contributed by atoms with E-state index in [1.54, 1.807) is 33.5 Å². The van der Waals surface area contributed by atoms with E-state index in [4.69, 9.17) is 14.2 Å². The van der Waals surface area contributed by atoms with E-state index in [1.165, 1.54) is 6.92 Å². The standard InChI is InChI=1S/C36H49N3O8/c1-23(40)39-27-14-12-24-19-30(45-2)34(46-3)35(47-4)33(24)25-13-15-28(29(41)20-26(25)27)37-18-10-5-7-11-31(42)38-22-36(21-32(43)44)16-8-6-9-17-36/h13,15,19-20,27H,5-12,14,16-18,21-22H2,1-4H3,(H,37,41)(H,38,42)(H,39,40)(H,43,44)/t27-/m0/s1. The number of hydrogen-bond acceptors (Lipinski definition) is 8. The third-order valence-corrected chi connectivity index (χ3v) is 9.41. The third kappa shape index (κ3) is 8.96. The molecular weight excluding hydrogens is 602 g/mol. The monoisotopic (exact) mass is 651 g/mol. The molecule has 0 heterocycles. The minimum atomic E-state index is -0.810. The zero-order valence-electron chi connectivity index (χ0n) is 28.1. The fourth-order valence-electron chi connectivity index (χ4n) is 7.08. The maximum absolute atomic E-state index is 13.5. The van der Waals surface area contributed by atoms with Crippen molar-refractivity contribution in [3.63, 3.8) is 0 Å². The lowest BCUT2D eigenvalue weighted by molar-refractivity contribution is -0.140. The van der Waals surface area contributed by atoms with Gasteiger partial charge >= 0.3 is 5.97 Å². The molecule has 11 nitrogen and oxygen atoms in total. The summed E-state index contributed by atoms with van der Waals surface area (Å²) in [4.78, 5) is 49.6. The highest BCUT2D eigenvalue weighted by molar-refractivity contribution is 5.84. The van der Waals surface area contributed by atoms with Gasteiger partial charge in [-0.3, -0.25) is 19.2 Å². The zero-order chi connectivity index (χ0) is 34.0. The first-order valence-electron chi connectivity index (χ1n) is 16.6. The van der Waals surface area contributed by atoms with Gasteiger partial charge in [-0.15, -0.1) is 0 Å². The summed E-state index contributed by atoms with van der Waals surface area (Å²) in [5.41, 5.74) is 3.14. The van der Waals surface area contributed by atoms with Crippen molar-refractivity contribution in [2.75, 3.05) is 39.7 Å². The number of fused-ring (bicyclic) bond motifs is 3. The molecule has 2 aliphatic rings. The van der Waals surface area contributed by atoms with Crippen LogP contribution in [0, 0.1) is 5.41 Å².